The van der Waals surface area contributed by atoms with Gasteiger partial charge in [0, 0.05) is 55.8 Å². The lowest BCUT2D eigenvalue weighted by Crippen LogP contribution is -2.46. The van der Waals surface area contributed by atoms with Crippen molar-refractivity contribution in [2.24, 2.45) is 0 Å². The molecule has 1 fully saturated rings. The fourth-order valence-electron chi connectivity index (χ4n) is 4.59. The third kappa shape index (κ3) is 3.64. The molecule has 154 valence electrons. The van der Waals surface area contributed by atoms with Gasteiger partial charge in [-0.25, -0.2) is 4.98 Å². The summed E-state index contributed by atoms with van der Waals surface area (Å²) in [7, 11) is 2.20. The number of rotatable bonds is 3. The van der Waals surface area contributed by atoms with Gasteiger partial charge in [0.25, 0.3) is 0 Å². The second-order valence-corrected chi connectivity index (χ2v) is 9.14. The summed E-state index contributed by atoms with van der Waals surface area (Å²) in [5.74, 6) is 1.03. The molecular formula is C24H26BrN5. The Balaban J connectivity index is 1.67. The van der Waals surface area contributed by atoms with Crippen molar-refractivity contribution < 1.29 is 0 Å². The van der Waals surface area contributed by atoms with Gasteiger partial charge in [0.2, 0.25) is 0 Å². The molecule has 3 aromatic rings. The van der Waals surface area contributed by atoms with E-state index in [-0.39, 0.29) is 6.04 Å². The molecule has 1 aliphatic heterocycles. The first-order valence-electron chi connectivity index (χ1n) is 10.5. The number of piperazine rings is 1. The highest BCUT2D eigenvalue weighted by molar-refractivity contribution is 9.10. The number of benzene rings is 1. The van der Waals surface area contributed by atoms with Crippen LogP contribution in [0.5, 0.6) is 0 Å². The Bertz CT molecular complexity index is 1090. The molecule has 0 bridgehead atoms. The molecule has 0 radical (unpaired) electrons. The van der Waals surface area contributed by atoms with Crippen LogP contribution in [-0.4, -0.2) is 57.6 Å². The predicted molar refractivity (Wildman–Crippen MR) is 124 cm³/mol. The van der Waals surface area contributed by atoms with E-state index in [4.69, 9.17) is 4.98 Å². The topological polar surface area (TPSA) is 37.2 Å². The quantitative estimate of drug-likeness (QED) is 0.581. The average molecular weight is 464 g/mol. The van der Waals surface area contributed by atoms with Gasteiger partial charge in [-0.3, -0.25) is 9.88 Å². The van der Waals surface area contributed by atoms with Crippen molar-refractivity contribution >= 4 is 27.6 Å². The number of imidazole rings is 1. The summed E-state index contributed by atoms with van der Waals surface area (Å²) in [6.07, 6.45) is 8.18. The maximum Gasteiger partial charge on any atom is 0.105 e. The van der Waals surface area contributed by atoms with Crippen LogP contribution in [0.1, 0.15) is 34.3 Å². The van der Waals surface area contributed by atoms with Crippen molar-refractivity contribution in [2.45, 2.75) is 19.5 Å². The van der Waals surface area contributed by atoms with Crippen molar-refractivity contribution in [1.82, 2.24) is 24.3 Å². The van der Waals surface area contributed by atoms with Gasteiger partial charge in [0.1, 0.15) is 5.82 Å². The van der Waals surface area contributed by atoms with Gasteiger partial charge < -0.3 is 9.47 Å². The number of halogens is 1. The summed E-state index contributed by atoms with van der Waals surface area (Å²) in [6, 6.07) is 11.2. The standard InChI is InChI=1S/C24H26BrN5/c1-17-26-7-8-30(17)16-19-13-18-14-20(25)15-27-23(18)24(22-6-4-3-5-21(19)22)29-11-9-28(2)10-12-29/h3-8,13-15,24H,9-12,16H2,1-2H3. The van der Waals surface area contributed by atoms with Crippen molar-refractivity contribution in [3.05, 3.63) is 81.6 Å². The van der Waals surface area contributed by atoms with Crippen molar-refractivity contribution in [3.8, 4) is 0 Å². The molecule has 1 saturated heterocycles. The van der Waals surface area contributed by atoms with Crippen molar-refractivity contribution in [1.29, 1.82) is 0 Å². The molecule has 5 nitrogen and oxygen atoms in total. The van der Waals surface area contributed by atoms with E-state index in [1.165, 1.54) is 22.3 Å². The molecule has 0 saturated carbocycles. The molecule has 5 rings (SSSR count). The number of aromatic nitrogens is 3. The van der Waals surface area contributed by atoms with Crippen molar-refractivity contribution in [2.75, 3.05) is 33.2 Å². The number of pyridine rings is 1. The van der Waals surface area contributed by atoms with Gasteiger partial charge in [0.05, 0.1) is 11.7 Å². The van der Waals surface area contributed by atoms with Crippen LogP contribution < -0.4 is 0 Å². The minimum atomic E-state index is 0.163. The van der Waals surface area contributed by atoms with Crippen LogP contribution in [0.4, 0.5) is 0 Å². The van der Waals surface area contributed by atoms with Gasteiger partial charge in [-0.2, -0.15) is 0 Å². The molecule has 1 aromatic carbocycles. The molecule has 1 atom stereocenters. The number of nitrogens with zero attached hydrogens (tertiary/aromatic N) is 5. The molecule has 6 heteroatoms. The zero-order chi connectivity index (χ0) is 20.7. The highest BCUT2D eigenvalue weighted by Crippen LogP contribution is 2.40. The van der Waals surface area contributed by atoms with E-state index >= 15 is 0 Å². The average Bonchev–Trinajstić information content (AvgIpc) is 3.09. The first-order chi connectivity index (χ1) is 14.6. The summed E-state index contributed by atoms with van der Waals surface area (Å²) in [6.45, 7) is 7.11. The summed E-state index contributed by atoms with van der Waals surface area (Å²) in [5.41, 5.74) is 6.29. The Morgan fingerprint density at radius 1 is 1.10 bits per heavy atom. The summed E-state index contributed by atoms with van der Waals surface area (Å²) >= 11 is 3.64. The zero-order valence-corrected chi connectivity index (χ0v) is 19.0. The Labute approximate surface area is 186 Å². The fraction of sp³-hybridized carbons (Fsp3) is 0.333. The van der Waals surface area contributed by atoms with E-state index in [0.717, 1.165) is 48.7 Å². The largest absolute Gasteiger partial charge is 0.331 e. The SMILES string of the molecule is Cc1nccn1CC1=Cc2cc(Br)cnc2C(N2CCN(C)CC2)c2ccccc21. The Hall–Kier alpha value is -2.28. The monoisotopic (exact) mass is 463 g/mol. The minimum absolute atomic E-state index is 0.163. The maximum atomic E-state index is 4.94. The third-order valence-electron chi connectivity index (χ3n) is 6.27. The van der Waals surface area contributed by atoms with Crippen LogP contribution in [-0.2, 0) is 6.54 Å². The molecule has 2 aromatic heterocycles. The Kier molecular flexibility index (Phi) is 5.31. The van der Waals surface area contributed by atoms with Crippen LogP contribution in [0.15, 0.2) is 53.4 Å². The maximum absolute atomic E-state index is 4.94. The molecule has 0 N–H and O–H groups in total. The molecule has 0 spiro atoms. The lowest BCUT2D eigenvalue weighted by atomic mass is 9.93. The summed E-state index contributed by atoms with van der Waals surface area (Å²) < 4.78 is 3.22. The van der Waals surface area contributed by atoms with E-state index < -0.39 is 0 Å². The molecule has 1 unspecified atom stereocenters. The van der Waals surface area contributed by atoms with Crippen LogP contribution in [0.2, 0.25) is 0 Å². The number of fused-ring (bicyclic) bond motifs is 2. The van der Waals surface area contributed by atoms with Crippen LogP contribution in [0.3, 0.4) is 0 Å². The molecule has 1 aliphatic carbocycles. The molecule has 3 heterocycles. The molecule has 0 amide bonds. The molecule has 2 aliphatic rings. The molecule has 30 heavy (non-hydrogen) atoms. The summed E-state index contributed by atoms with van der Waals surface area (Å²) in [5, 5.41) is 0. The number of hydrogen-bond acceptors (Lipinski definition) is 4. The van der Waals surface area contributed by atoms with Gasteiger partial charge >= 0.3 is 0 Å². The van der Waals surface area contributed by atoms with Crippen LogP contribution in [0.25, 0.3) is 11.6 Å². The lowest BCUT2D eigenvalue weighted by molar-refractivity contribution is 0.125. The first-order valence-corrected chi connectivity index (χ1v) is 11.2. The Morgan fingerprint density at radius 2 is 1.90 bits per heavy atom. The number of allylic oxidation sites excluding steroid dienone is 1. The second kappa shape index (κ2) is 8.10. The highest BCUT2D eigenvalue weighted by Gasteiger charge is 2.32. The van der Waals surface area contributed by atoms with E-state index in [0.29, 0.717) is 0 Å². The van der Waals surface area contributed by atoms with E-state index in [9.17, 15) is 0 Å². The smallest absolute Gasteiger partial charge is 0.105 e. The van der Waals surface area contributed by atoms with Gasteiger partial charge in [-0.15, -0.1) is 0 Å². The van der Waals surface area contributed by atoms with Crippen molar-refractivity contribution in [3.63, 3.8) is 0 Å². The van der Waals surface area contributed by atoms with Crippen LogP contribution in [0, 0.1) is 6.92 Å². The number of hydrogen-bond donors (Lipinski definition) is 0. The second-order valence-electron chi connectivity index (χ2n) is 8.23. The van der Waals surface area contributed by atoms with Gasteiger partial charge in [-0.1, -0.05) is 24.3 Å². The Morgan fingerprint density at radius 3 is 2.67 bits per heavy atom. The van der Waals surface area contributed by atoms with E-state index in [1.807, 2.05) is 12.4 Å². The first kappa shape index (κ1) is 19.7. The third-order valence-corrected chi connectivity index (χ3v) is 6.71. The summed E-state index contributed by atoms with van der Waals surface area (Å²) in [4.78, 5) is 14.4. The number of aryl methyl sites for hydroxylation is 1. The normalized spacial score (nSPS) is 19.7. The van der Waals surface area contributed by atoms with E-state index in [2.05, 4.69) is 91.9 Å². The van der Waals surface area contributed by atoms with Gasteiger partial charge in [-0.05, 0) is 64.3 Å². The van der Waals surface area contributed by atoms with Gasteiger partial charge in [0.15, 0.2) is 0 Å². The minimum Gasteiger partial charge on any atom is -0.331 e. The number of likely N-dealkylation sites (N-methyl/N-ethyl adjacent to an activating group) is 1. The predicted octanol–water partition coefficient (Wildman–Crippen LogP) is 4.24. The lowest BCUT2D eigenvalue weighted by Gasteiger charge is -2.38. The fourth-order valence-corrected chi connectivity index (χ4v) is 4.93. The zero-order valence-electron chi connectivity index (χ0n) is 17.4. The molecular weight excluding hydrogens is 438 g/mol. The highest BCUT2D eigenvalue weighted by atomic mass is 79.9. The van der Waals surface area contributed by atoms with Crippen LogP contribution >= 0.6 is 15.9 Å². The van der Waals surface area contributed by atoms with E-state index in [1.54, 1.807) is 0 Å².